The van der Waals surface area contributed by atoms with Crippen molar-refractivity contribution in [2.24, 2.45) is 0 Å². The predicted molar refractivity (Wildman–Crippen MR) is 75.5 cm³/mol. The summed E-state index contributed by atoms with van der Waals surface area (Å²) in [6.45, 7) is -1.56. The molecule has 0 saturated heterocycles. The highest BCUT2D eigenvalue weighted by Gasteiger charge is 2.25. The number of para-hydroxylation sites is 1. The smallest absolute Gasteiger partial charge is 0.319 e. The maximum Gasteiger partial charge on any atom is 0.319 e. The number of alkyl halides is 2. The van der Waals surface area contributed by atoms with Gasteiger partial charge in [-0.3, -0.25) is 4.57 Å². The normalized spacial score (nSPS) is 18.1. The molecule has 1 aliphatic rings. The van der Waals surface area contributed by atoms with Crippen molar-refractivity contribution in [3.63, 3.8) is 0 Å². The second-order valence-electron chi connectivity index (χ2n) is 5.10. The van der Waals surface area contributed by atoms with E-state index in [1.165, 1.54) is 18.0 Å². The van der Waals surface area contributed by atoms with Crippen molar-refractivity contribution in [2.45, 2.75) is 25.6 Å². The summed E-state index contributed by atoms with van der Waals surface area (Å²) in [6.07, 6.45) is 3.62. The van der Waals surface area contributed by atoms with Crippen LogP contribution in [0.1, 0.15) is 17.9 Å². The first-order valence-electron chi connectivity index (χ1n) is 6.84. The summed E-state index contributed by atoms with van der Waals surface area (Å²) in [5, 5.41) is 0. The predicted octanol–water partition coefficient (Wildman–Crippen LogP) is 2.86. The highest BCUT2D eigenvalue weighted by Crippen LogP contribution is 2.29. The molecular weight excluding hydrogens is 276 g/mol. The number of aromatic nitrogens is 2. The number of hydrogen-bond acceptors (Lipinski definition) is 3. The lowest BCUT2D eigenvalue weighted by atomic mass is 9.99. The van der Waals surface area contributed by atoms with Gasteiger partial charge in [-0.15, -0.1) is 0 Å². The van der Waals surface area contributed by atoms with Crippen LogP contribution in [0, 0.1) is 0 Å². The van der Waals surface area contributed by atoms with Crippen molar-refractivity contribution in [2.75, 3.05) is 18.6 Å². The average Bonchev–Trinajstić information content (AvgIpc) is 2.95. The second-order valence-corrected chi connectivity index (χ2v) is 5.10. The third-order valence-electron chi connectivity index (χ3n) is 3.83. The maximum absolute atomic E-state index is 12.9. The monoisotopic (exact) mass is 293 g/mol. The van der Waals surface area contributed by atoms with E-state index in [4.69, 9.17) is 4.74 Å². The van der Waals surface area contributed by atoms with Gasteiger partial charge in [0.15, 0.2) is 0 Å². The fourth-order valence-corrected chi connectivity index (χ4v) is 2.77. The molecule has 0 radical (unpaired) electrons. The summed E-state index contributed by atoms with van der Waals surface area (Å²) in [7, 11) is 1.68. The topological polar surface area (TPSA) is 30.3 Å². The van der Waals surface area contributed by atoms with E-state index in [1.54, 1.807) is 7.11 Å². The molecule has 1 aromatic heterocycles. The Labute approximate surface area is 122 Å². The van der Waals surface area contributed by atoms with Gasteiger partial charge in [-0.2, -0.15) is 8.78 Å². The number of rotatable bonds is 4. The average molecular weight is 293 g/mol. The first-order chi connectivity index (χ1) is 10.2. The Hall–Kier alpha value is -1.95. The van der Waals surface area contributed by atoms with Crippen LogP contribution in [0.5, 0.6) is 0 Å². The summed E-state index contributed by atoms with van der Waals surface area (Å²) in [4.78, 5) is 6.11. The minimum absolute atomic E-state index is 0.0647. The molecule has 0 N–H and O–H groups in total. The molecule has 0 unspecified atom stereocenters. The molecule has 6 heteroatoms. The Morgan fingerprint density at radius 2 is 2.19 bits per heavy atom. The zero-order chi connectivity index (χ0) is 14.8. The summed E-state index contributed by atoms with van der Waals surface area (Å²) in [6, 6.07) is 8.00. The molecule has 3 rings (SSSR count). The SMILES string of the molecule is CO[C@@H]1Cc2ccccc2N(Cc2nccn2C(F)F)C1. The van der Waals surface area contributed by atoms with E-state index in [-0.39, 0.29) is 6.10 Å². The van der Waals surface area contributed by atoms with Crippen LogP contribution in [-0.2, 0) is 17.7 Å². The minimum Gasteiger partial charge on any atom is -0.379 e. The van der Waals surface area contributed by atoms with Crippen LogP contribution >= 0.6 is 0 Å². The maximum atomic E-state index is 12.9. The van der Waals surface area contributed by atoms with Crippen molar-refractivity contribution in [3.8, 4) is 0 Å². The number of hydrogen-bond donors (Lipinski definition) is 0. The molecule has 1 aromatic carbocycles. The lowest BCUT2D eigenvalue weighted by Gasteiger charge is -2.35. The molecule has 0 aliphatic carbocycles. The molecule has 0 spiro atoms. The van der Waals surface area contributed by atoms with Crippen LogP contribution in [0.3, 0.4) is 0 Å². The van der Waals surface area contributed by atoms with Crippen LogP contribution < -0.4 is 4.90 Å². The van der Waals surface area contributed by atoms with Crippen molar-refractivity contribution in [1.29, 1.82) is 0 Å². The Balaban J connectivity index is 1.89. The van der Waals surface area contributed by atoms with E-state index < -0.39 is 6.55 Å². The number of imidazole rings is 1. The summed E-state index contributed by atoms with van der Waals surface area (Å²) in [5.74, 6) is 0.358. The van der Waals surface area contributed by atoms with Crippen LogP contribution in [0.25, 0.3) is 0 Å². The summed E-state index contributed by atoms with van der Waals surface area (Å²) < 4.78 is 32.2. The number of ether oxygens (including phenoxy) is 1. The van der Waals surface area contributed by atoms with E-state index >= 15 is 0 Å². The fraction of sp³-hybridized carbons (Fsp3) is 0.400. The van der Waals surface area contributed by atoms with Gasteiger partial charge < -0.3 is 9.64 Å². The minimum atomic E-state index is -2.57. The number of fused-ring (bicyclic) bond motifs is 1. The van der Waals surface area contributed by atoms with Crippen molar-refractivity contribution < 1.29 is 13.5 Å². The Morgan fingerprint density at radius 3 is 2.95 bits per heavy atom. The largest absolute Gasteiger partial charge is 0.379 e. The van der Waals surface area contributed by atoms with Crippen LogP contribution in [-0.4, -0.2) is 29.3 Å². The molecule has 112 valence electrons. The molecule has 0 fully saturated rings. The quantitative estimate of drug-likeness (QED) is 0.868. The van der Waals surface area contributed by atoms with Crippen molar-refractivity contribution in [1.82, 2.24) is 9.55 Å². The van der Waals surface area contributed by atoms with Crippen LogP contribution in [0.4, 0.5) is 14.5 Å². The highest BCUT2D eigenvalue weighted by molar-refractivity contribution is 5.56. The zero-order valence-electron chi connectivity index (χ0n) is 11.7. The zero-order valence-corrected chi connectivity index (χ0v) is 11.7. The van der Waals surface area contributed by atoms with E-state index in [2.05, 4.69) is 4.98 Å². The van der Waals surface area contributed by atoms with E-state index in [1.807, 2.05) is 29.2 Å². The Bertz CT molecular complexity index is 614. The number of methoxy groups -OCH3 is 1. The lowest BCUT2D eigenvalue weighted by Crippen LogP contribution is -2.39. The van der Waals surface area contributed by atoms with Crippen molar-refractivity contribution in [3.05, 3.63) is 48.0 Å². The third kappa shape index (κ3) is 2.76. The molecule has 1 aliphatic heterocycles. The van der Waals surface area contributed by atoms with Gasteiger partial charge in [0.1, 0.15) is 5.82 Å². The summed E-state index contributed by atoms with van der Waals surface area (Å²) >= 11 is 0. The van der Waals surface area contributed by atoms with Gasteiger partial charge in [0.25, 0.3) is 0 Å². The van der Waals surface area contributed by atoms with Crippen LogP contribution in [0.15, 0.2) is 36.7 Å². The van der Waals surface area contributed by atoms with Gasteiger partial charge in [0.2, 0.25) is 0 Å². The van der Waals surface area contributed by atoms with Gasteiger partial charge in [-0.25, -0.2) is 4.98 Å². The number of benzene rings is 1. The molecular formula is C15H17F2N3O. The standard InChI is InChI=1S/C15H17F2N3O/c1-21-12-8-11-4-2-3-5-13(11)19(9-12)10-14-18-6-7-20(14)15(16)17/h2-7,12,15H,8-10H2,1H3/t12-/m1/s1. The lowest BCUT2D eigenvalue weighted by molar-refractivity contribution is 0.0665. The number of anilines is 1. The Morgan fingerprint density at radius 1 is 1.38 bits per heavy atom. The second kappa shape index (κ2) is 5.81. The highest BCUT2D eigenvalue weighted by atomic mass is 19.3. The fourth-order valence-electron chi connectivity index (χ4n) is 2.77. The molecule has 0 bridgehead atoms. The third-order valence-corrected chi connectivity index (χ3v) is 3.83. The van der Waals surface area contributed by atoms with Gasteiger partial charge in [-0.1, -0.05) is 18.2 Å². The van der Waals surface area contributed by atoms with Crippen molar-refractivity contribution >= 4 is 5.69 Å². The Kier molecular flexibility index (Phi) is 3.88. The van der Waals surface area contributed by atoms with Crippen LogP contribution in [0.2, 0.25) is 0 Å². The number of halogens is 2. The summed E-state index contributed by atoms with van der Waals surface area (Å²) in [5.41, 5.74) is 2.24. The first kappa shape index (κ1) is 14.0. The molecule has 4 nitrogen and oxygen atoms in total. The molecule has 0 amide bonds. The van der Waals surface area contributed by atoms with E-state index in [9.17, 15) is 8.78 Å². The van der Waals surface area contributed by atoms with E-state index in [0.29, 0.717) is 18.9 Å². The molecule has 2 heterocycles. The molecule has 2 aromatic rings. The number of nitrogens with zero attached hydrogens (tertiary/aromatic N) is 3. The van der Waals surface area contributed by atoms with Gasteiger partial charge in [0, 0.05) is 38.2 Å². The van der Waals surface area contributed by atoms with Gasteiger partial charge in [0.05, 0.1) is 12.6 Å². The van der Waals surface area contributed by atoms with E-state index in [0.717, 1.165) is 16.7 Å². The molecule has 0 saturated carbocycles. The first-order valence-corrected chi connectivity index (χ1v) is 6.84. The molecule has 1 atom stereocenters. The molecule has 21 heavy (non-hydrogen) atoms. The van der Waals surface area contributed by atoms with Gasteiger partial charge in [-0.05, 0) is 11.6 Å². The van der Waals surface area contributed by atoms with Gasteiger partial charge >= 0.3 is 6.55 Å².